The number of hydrogen-bond acceptors (Lipinski definition) is 2. The predicted octanol–water partition coefficient (Wildman–Crippen LogP) is 6.15. The molecule has 0 bridgehead atoms. The summed E-state index contributed by atoms with van der Waals surface area (Å²) in [5.41, 5.74) is 1.56. The molecule has 0 spiro atoms. The first-order chi connectivity index (χ1) is 10.2. The summed E-state index contributed by atoms with van der Waals surface area (Å²) in [6.07, 6.45) is 9.96. The van der Waals surface area contributed by atoms with Crippen LogP contribution in [0.2, 0.25) is 5.02 Å². The summed E-state index contributed by atoms with van der Waals surface area (Å²) in [4.78, 5) is 0. The maximum atomic E-state index is 8.89. The van der Waals surface area contributed by atoms with Gasteiger partial charge in [0.25, 0.3) is 0 Å². The molecule has 0 fully saturated rings. The molecule has 0 aliphatic carbocycles. The van der Waals surface area contributed by atoms with E-state index in [9.17, 15) is 0 Å². The lowest BCUT2D eigenvalue weighted by molar-refractivity contribution is 0.526. The number of hydrogen-bond donors (Lipinski definition) is 1. The Kier molecular flexibility index (Phi) is 8.94. The average Bonchev–Trinajstić information content (AvgIpc) is 2.49. The fourth-order valence-electron chi connectivity index (χ4n) is 2.49. The largest absolute Gasteiger partial charge is 0.381 e. The highest BCUT2D eigenvalue weighted by molar-refractivity contribution is 6.33. The minimum absolute atomic E-state index is 0.480. The molecule has 0 amide bonds. The van der Waals surface area contributed by atoms with Crippen LogP contribution >= 0.6 is 11.6 Å². The first-order valence-corrected chi connectivity index (χ1v) is 8.55. The number of nitrogens with zero attached hydrogens (tertiary/aromatic N) is 1. The summed E-state index contributed by atoms with van der Waals surface area (Å²) in [6, 6.07) is 8.08. The smallest absolute Gasteiger partial charge is 0.0992 e. The van der Waals surface area contributed by atoms with E-state index in [4.69, 9.17) is 16.9 Å². The van der Waals surface area contributed by atoms with Gasteiger partial charge in [-0.3, -0.25) is 0 Å². The lowest BCUT2D eigenvalue weighted by Gasteiger charge is -2.21. The van der Waals surface area contributed by atoms with Crippen LogP contribution in [0.25, 0.3) is 0 Å². The Bertz CT molecular complexity index is 441. The molecule has 3 heteroatoms. The molecule has 0 saturated heterocycles. The molecule has 0 heterocycles. The van der Waals surface area contributed by atoms with Crippen LogP contribution in [0.3, 0.4) is 0 Å². The number of benzene rings is 1. The number of nitriles is 1. The lowest BCUT2D eigenvalue weighted by atomic mass is 10.0. The Morgan fingerprint density at radius 2 is 1.71 bits per heavy atom. The maximum Gasteiger partial charge on any atom is 0.0992 e. The van der Waals surface area contributed by atoms with Crippen LogP contribution in [-0.4, -0.2) is 6.04 Å². The van der Waals surface area contributed by atoms with Crippen LogP contribution in [0.5, 0.6) is 0 Å². The van der Waals surface area contributed by atoms with Crippen molar-refractivity contribution in [2.45, 2.75) is 71.3 Å². The molecular formula is C18H27ClN2. The van der Waals surface area contributed by atoms with Crippen LogP contribution in [0, 0.1) is 11.3 Å². The van der Waals surface area contributed by atoms with Crippen molar-refractivity contribution in [3.63, 3.8) is 0 Å². The summed E-state index contributed by atoms with van der Waals surface area (Å²) in [6.45, 7) is 4.47. The van der Waals surface area contributed by atoms with Crippen LogP contribution in [0.4, 0.5) is 5.69 Å². The van der Waals surface area contributed by atoms with Crippen LogP contribution in [0.1, 0.15) is 70.8 Å². The van der Waals surface area contributed by atoms with Crippen LogP contribution in [0.15, 0.2) is 18.2 Å². The standard InChI is InChI=1S/C18H27ClN2/c1-3-5-7-9-16(10-8-6-4-2)21-18-12-11-15(14-20)13-17(18)19/h11-13,16,21H,3-10H2,1-2H3. The number of anilines is 1. The number of rotatable bonds is 10. The summed E-state index contributed by atoms with van der Waals surface area (Å²) in [7, 11) is 0. The average molecular weight is 307 g/mol. The fourth-order valence-corrected chi connectivity index (χ4v) is 2.73. The number of unbranched alkanes of at least 4 members (excludes halogenated alkanes) is 4. The van der Waals surface area contributed by atoms with Crippen molar-refractivity contribution < 1.29 is 0 Å². The molecule has 1 N–H and O–H groups in total. The first kappa shape index (κ1) is 17.9. The molecule has 0 radical (unpaired) electrons. The van der Waals surface area contributed by atoms with E-state index in [1.54, 1.807) is 6.07 Å². The molecule has 21 heavy (non-hydrogen) atoms. The van der Waals surface area contributed by atoms with Crippen molar-refractivity contribution in [3.05, 3.63) is 28.8 Å². The quantitative estimate of drug-likeness (QED) is 0.526. The fraction of sp³-hybridized carbons (Fsp3) is 0.611. The van der Waals surface area contributed by atoms with Crippen molar-refractivity contribution in [2.24, 2.45) is 0 Å². The third-order valence-electron chi connectivity index (χ3n) is 3.77. The van der Waals surface area contributed by atoms with E-state index in [1.165, 1.54) is 51.4 Å². The predicted molar refractivity (Wildman–Crippen MR) is 91.9 cm³/mol. The monoisotopic (exact) mass is 306 g/mol. The third kappa shape index (κ3) is 6.87. The number of halogens is 1. The lowest BCUT2D eigenvalue weighted by Crippen LogP contribution is -2.19. The molecule has 1 aromatic carbocycles. The second kappa shape index (κ2) is 10.5. The van der Waals surface area contributed by atoms with Crippen molar-refractivity contribution in [1.29, 1.82) is 5.26 Å². The van der Waals surface area contributed by atoms with Gasteiger partial charge in [0.2, 0.25) is 0 Å². The van der Waals surface area contributed by atoms with Gasteiger partial charge in [-0.1, -0.05) is 64.0 Å². The zero-order valence-corrected chi connectivity index (χ0v) is 14.0. The number of nitrogens with one attached hydrogen (secondary N) is 1. The zero-order valence-electron chi connectivity index (χ0n) is 13.3. The van der Waals surface area contributed by atoms with Gasteiger partial charge in [0.05, 0.1) is 22.3 Å². The summed E-state index contributed by atoms with van der Waals surface area (Å²) in [5.74, 6) is 0. The van der Waals surface area contributed by atoms with Gasteiger partial charge < -0.3 is 5.32 Å². The van der Waals surface area contributed by atoms with E-state index in [-0.39, 0.29) is 0 Å². The molecular weight excluding hydrogens is 280 g/mol. The molecule has 0 aromatic heterocycles. The zero-order chi connectivity index (χ0) is 15.5. The SMILES string of the molecule is CCCCCC(CCCCC)Nc1ccc(C#N)cc1Cl. The molecule has 1 rings (SSSR count). The van der Waals surface area contributed by atoms with Crippen LogP contribution < -0.4 is 5.32 Å². The Morgan fingerprint density at radius 1 is 1.10 bits per heavy atom. The second-order valence-electron chi connectivity index (χ2n) is 5.64. The normalized spacial score (nSPS) is 10.6. The van der Waals surface area contributed by atoms with Gasteiger partial charge in [0.1, 0.15) is 0 Å². The Balaban J connectivity index is 2.63. The van der Waals surface area contributed by atoms with Crippen molar-refractivity contribution in [2.75, 3.05) is 5.32 Å². The Labute approximate surface area is 134 Å². The topological polar surface area (TPSA) is 35.8 Å². The van der Waals surface area contributed by atoms with Gasteiger partial charge in [0, 0.05) is 6.04 Å². The molecule has 1 aromatic rings. The van der Waals surface area contributed by atoms with Crippen molar-refractivity contribution >= 4 is 17.3 Å². The molecule has 0 aliphatic heterocycles. The molecule has 0 aliphatic rings. The van der Waals surface area contributed by atoms with E-state index in [1.807, 2.05) is 12.1 Å². The Hall–Kier alpha value is -1.20. The minimum Gasteiger partial charge on any atom is -0.381 e. The van der Waals surface area contributed by atoms with E-state index in [2.05, 4.69) is 25.2 Å². The highest BCUT2D eigenvalue weighted by atomic mass is 35.5. The van der Waals surface area contributed by atoms with Crippen LogP contribution in [-0.2, 0) is 0 Å². The second-order valence-corrected chi connectivity index (χ2v) is 6.05. The van der Waals surface area contributed by atoms with E-state index >= 15 is 0 Å². The highest BCUT2D eigenvalue weighted by Crippen LogP contribution is 2.25. The molecule has 0 atom stereocenters. The molecule has 116 valence electrons. The Morgan fingerprint density at radius 3 is 2.19 bits per heavy atom. The van der Waals surface area contributed by atoms with Crippen molar-refractivity contribution in [1.82, 2.24) is 0 Å². The van der Waals surface area contributed by atoms with E-state index < -0.39 is 0 Å². The van der Waals surface area contributed by atoms with Gasteiger partial charge in [0.15, 0.2) is 0 Å². The molecule has 0 saturated carbocycles. The summed E-state index contributed by atoms with van der Waals surface area (Å²) >= 11 is 6.26. The van der Waals surface area contributed by atoms with Gasteiger partial charge in [-0.15, -0.1) is 0 Å². The maximum absolute atomic E-state index is 8.89. The van der Waals surface area contributed by atoms with E-state index in [0.717, 1.165) is 5.69 Å². The molecule has 2 nitrogen and oxygen atoms in total. The van der Waals surface area contributed by atoms with Gasteiger partial charge in [-0.25, -0.2) is 0 Å². The van der Waals surface area contributed by atoms with Crippen molar-refractivity contribution in [3.8, 4) is 6.07 Å². The summed E-state index contributed by atoms with van der Waals surface area (Å²) < 4.78 is 0. The highest BCUT2D eigenvalue weighted by Gasteiger charge is 2.10. The third-order valence-corrected chi connectivity index (χ3v) is 4.08. The summed E-state index contributed by atoms with van der Waals surface area (Å²) in [5, 5.41) is 13.1. The van der Waals surface area contributed by atoms with Gasteiger partial charge in [-0.05, 0) is 31.0 Å². The van der Waals surface area contributed by atoms with E-state index in [0.29, 0.717) is 16.6 Å². The van der Waals surface area contributed by atoms with Gasteiger partial charge >= 0.3 is 0 Å². The van der Waals surface area contributed by atoms with Gasteiger partial charge in [-0.2, -0.15) is 5.26 Å². The molecule has 0 unspecified atom stereocenters. The minimum atomic E-state index is 0.480. The first-order valence-electron chi connectivity index (χ1n) is 8.17.